The van der Waals surface area contributed by atoms with Crippen LogP contribution < -0.4 is 15.0 Å². The Morgan fingerprint density at radius 3 is 2.60 bits per heavy atom. The summed E-state index contributed by atoms with van der Waals surface area (Å²) in [6.45, 7) is 0.0531. The van der Waals surface area contributed by atoms with Gasteiger partial charge in [0.15, 0.2) is 11.5 Å². The third-order valence-electron chi connectivity index (χ3n) is 6.58. The summed E-state index contributed by atoms with van der Waals surface area (Å²) >= 11 is 6.88. The molecule has 2 heterocycles. The van der Waals surface area contributed by atoms with Crippen LogP contribution >= 0.6 is 31.9 Å². The number of rotatable bonds is 8. The van der Waals surface area contributed by atoms with E-state index in [1.54, 1.807) is 36.4 Å². The Kier molecular flexibility index (Phi) is 7.78. The smallest absolute Gasteiger partial charge is 0.315 e. The molecule has 12 heteroatoms. The predicted octanol–water partition coefficient (Wildman–Crippen LogP) is 7.71. The largest absolute Gasteiger partial charge is 0.493 e. The molecular formula is C31H20Br2N4O6. The first-order chi connectivity index (χ1) is 20.8. The monoisotopic (exact) mass is 702 g/mol. The first-order valence-electron chi connectivity index (χ1n) is 12.8. The van der Waals surface area contributed by atoms with Crippen LogP contribution in [0.2, 0.25) is 0 Å². The molecule has 0 radical (unpaired) electrons. The van der Waals surface area contributed by atoms with Gasteiger partial charge in [-0.15, -0.1) is 0 Å². The summed E-state index contributed by atoms with van der Waals surface area (Å²) in [7, 11) is 1.39. The van der Waals surface area contributed by atoms with E-state index in [1.807, 2.05) is 42.5 Å². The number of hydrogen-bond acceptors (Lipinski definition) is 8. The standard InChI is InChI=1S/C31H20Br2N4O6/c1-41-27-13-18(12-25(37(39)40)29(27)42-17-20-10-11-21(32)15-23(20)33)16-34-36-30(28-14-19-6-2-5-9-26(19)43-28)35-24-8-4-3-7-22(24)31(36)38/h2-16H,17H2,1H3. The Morgan fingerprint density at radius 1 is 1.05 bits per heavy atom. The van der Waals surface area contributed by atoms with E-state index in [0.717, 1.165) is 24.6 Å². The second-order valence-electron chi connectivity index (χ2n) is 9.32. The number of halogens is 2. The van der Waals surface area contributed by atoms with Crippen molar-refractivity contribution < 1.29 is 18.8 Å². The molecule has 0 fully saturated rings. The molecule has 0 amide bonds. The number of benzene rings is 4. The molecule has 0 aliphatic rings. The topological polar surface area (TPSA) is 122 Å². The number of nitro groups is 1. The molecule has 0 atom stereocenters. The van der Waals surface area contributed by atoms with Crippen molar-refractivity contribution in [3.8, 4) is 23.1 Å². The average Bonchev–Trinajstić information content (AvgIpc) is 3.44. The highest BCUT2D eigenvalue weighted by molar-refractivity contribution is 9.11. The lowest BCUT2D eigenvalue weighted by atomic mass is 10.1. The van der Waals surface area contributed by atoms with E-state index < -0.39 is 10.5 Å². The highest BCUT2D eigenvalue weighted by Crippen LogP contribution is 2.39. The van der Waals surface area contributed by atoms with E-state index in [0.29, 0.717) is 27.8 Å². The minimum atomic E-state index is -0.560. The second-order valence-corrected chi connectivity index (χ2v) is 11.1. The molecule has 0 spiro atoms. The summed E-state index contributed by atoms with van der Waals surface area (Å²) < 4.78 is 20.1. The van der Waals surface area contributed by atoms with Gasteiger partial charge in [0.1, 0.15) is 12.2 Å². The average molecular weight is 704 g/mol. The zero-order valence-electron chi connectivity index (χ0n) is 22.4. The Balaban J connectivity index is 1.43. The molecule has 6 aromatic rings. The van der Waals surface area contributed by atoms with Gasteiger partial charge in [-0.3, -0.25) is 14.9 Å². The maximum absolute atomic E-state index is 13.6. The summed E-state index contributed by atoms with van der Waals surface area (Å²) in [5.41, 5.74) is 1.43. The number of methoxy groups -OCH3 is 1. The van der Waals surface area contributed by atoms with Crippen molar-refractivity contribution >= 4 is 65.6 Å². The van der Waals surface area contributed by atoms with Crippen LogP contribution in [0.5, 0.6) is 11.5 Å². The summed E-state index contributed by atoms with van der Waals surface area (Å²) in [5, 5.41) is 17.7. The molecule has 2 aromatic heterocycles. The number of para-hydroxylation sites is 2. The SMILES string of the molecule is COc1cc(C=Nn2c(-c3cc4ccccc4o3)nc3ccccc3c2=O)cc([N+](=O)[O-])c1OCc1ccc(Br)cc1Br. The summed E-state index contributed by atoms with van der Waals surface area (Å²) in [6.07, 6.45) is 1.33. The Morgan fingerprint density at radius 2 is 1.84 bits per heavy atom. The minimum absolute atomic E-state index is 0.0352. The first-order valence-corrected chi connectivity index (χ1v) is 14.4. The van der Waals surface area contributed by atoms with E-state index >= 15 is 0 Å². The van der Waals surface area contributed by atoms with Crippen molar-refractivity contribution in [3.63, 3.8) is 0 Å². The quantitative estimate of drug-likeness (QED) is 0.0904. The van der Waals surface area contributed by atoms with Crippen LogP contribution in [0.25, 0.3) is 33.5 Å². The number of nitrogens with zero attached hydrogens (tertiary/aromatic N) is 4. The summed E-state index contributed by atoms with van der Waals surface area (Å²) in [5.74, 6) is 0.614. The van der Waals surface area contributed by atoms with E-state index in [4.69, 9.17) is 13.9 Å². The maximum atomic E-state index is 13.6. The van der Waals surface area contributed by atoms with Crippen molar-refractivity contribution in [2.24, 2.45) is 5.10 Å². The molecule has 0 aliphatic heterocycles. The zero-order chi connectivity index (χ0) is 30.1. The van der Waals surface area contributed by atoms with Gasteiger partial charge in [0.05, 0.1) is 29.2 Å². The molecule has 4 aromatic carbocycles. The number of furan rings is 1. The summed E-state index contributed by atoms with van der Waals surface area (Å²) in [6, 6.07) is 24.5. The highest BCUT2D eigenvalue weighted by atomic mass is 79.9. The van der Waals surface area contributed by atoms with Crippen LogP contribution in [-0.4, -0.2) is 27.9 Å². The van der Waals surface area contributed by atoms with Gasteiger partial charge in [0.25, 0.3) is 5.56 Å². The normalized spacial score (nSPS) is 11.4. The van der Waals surface area contributed by atoms with E-state index in [-0.39, 0.29) is 29.6 Å². The fraction of sp³-hybridized carbons (Fsp3) is 0.0645. The van der Waals surface area contributed by atoms with Crippen molar-refractivity contribution in [1.82, 2.24) is 9.66 Å². The first kappa shape index (κ1) is 28.3. The van der Waals surface area contributed by atoms with Crippen LogP contribution in [0.4, 0.5) is 5.69 Å². The van der Waals surface area contributed by atoms with Gasteiger partial charge in [0.2, 0.25) is 11.6 Å². The van der Waals surface area contributed by atoms with Gasteiger partial charge >= 0.3 is 5.69 Å². The number of fused-ring (bicyclic) bond motifs is 2. The third-order valence-corrected chi connectivity index (χ3v) is 7.81. The highest BCUT2D eigenvalue weighted by Gasteiger charge is 2.23. The van der Waals surface area contributed by atoms with E-state index in [1.165, 1.54) is 19.4 Å². The lowest BCUT2D eigenvalue weighted by Gasteiger charge is -2.13. The summed E-state index contributed by atoms with van der Waals surface area (Å²) in [4.78, 5) is 29.8. The van der Waals surface area contributed by atoms with Crippen molar-refractivity contribution in [3.05, 3.63) is 125 Å². The van der Waals surface area contributed by atoms with Gasteiger partial charge in [-0.05, 0) is 42.5 Å². The van der Waals surface area contributed by atoms with E-state index in [9.17, 15) is 14.9 Å². The molecule has 0 saturated heterocycles. The molecule has 0 aliphatic carbocycles. The molecule has 214 valence electrons. The third kappa shape index (κ3) is 5.66. The molecule has 43 heavy (non-hydrogen) atoms. The molecular weight excluding hydrogens is 684 g/mol. The van der Waals surface area contributed by atoms with Crippen molar-refractivity contribution in [2.75, 3.05) is 7.11 Å². The Bertz CT molecular complexity index is 2090. The van der Waals surface area contributed by atoms with E-state index in [2.05, 4.69) is 41.9 Å². The van der Waals surface area contributed by atoms with Crippen LogP contribution in [0.15, 0.2) is 108 Å². The van der Waals surface area contributed by atoms with Gasteiger partial charge in [-0.25, -0.2) is 4.98 Å². The molecule has 0 bridgehead atoms. The maximum Gasteiger partial charge on any atom is 0.315 e. The number of hydrogen-bond donors (Lipinski definition) is 0. The fourth-order valence-corrected chi connectivity index (χ4v) is 5.67. The molecule has 6 rings (SSSR count). The molecule has 0 unspecified atom stereocenters. The number of ether oxygens (including phenoxy) is 2. The molecule has 0 saturated carbocycles. The minimum Gasteiger partial charge on any atom is -0.493 e. The van der Waals surface area contributed by atoms with Gasteiger partial charge in [-0.1, -0.05) is 68.3 Å². The predicted molar refractivity (Wildman–Crippen MR) is 170 cm³/mol. The van der Waals surface area contributed by atoms with Gasteiger partial charge in [-0.2, -0.15) is 9.78 Å². The lowest BCUT2D eigenvalue weighted by molar-refractivity contribution is -0.386. The van der Waals surface area contributed by atoms with Gasteiger partial charge in [0, 0.05) is 31.5 Å². The zero-order valence-corrected chi connectivity index (χ0v) is 25.5. The Hall–Kier alpha value is -4.81. The van der Waals surface area contributed by atoms with Crippen molar-refractivity contribution in [1.29, 1.82) is 0 Å². The Labute approximate surface area is 260 Å². The molecule has 0 N–H and O–H groups in total. The fourth-order valence-electron chi connectivity index (χ4n) is 4.51. The van der Waals surface area contributed by atoms with Crippen LogP contribution in [0, 0.1) is 10.1 Å². The van der Waals surface area contributed by atoms with Crippen molar-refractivity contribution in [2.45, 2.75) is 6.61 Å². The molecule has 10 nitrogen and oxygen atoms in total. The van der Waals surface area contributed by atoms with Crippen LogP contribution in [0.3, 0.4) is 0 Å². The van der Waals surface area contributed by atoms with Gasteiger partial charge < -0.3 is 13.9 Å². The van der Waals surface area contributed by atoms with Crippen LogP contribution in [-0.2, 0) is 6.61 Å². The lowest BCUT2D eigenvalue weighted by Crippen LogP contribution is -2.20. The second kappa shape index (κ2) is 11.8. The number of aromatic nitrogens is 2. The van der Waals surface area contributed by atoms with Crippen LogP contribution in [0.1, 0.15) is 11.1 Å². The number of nitro benzene ring substituents is 1.